The first-order valence-corrected chi connectivity index (χ1v) is 6.23. The van der Waals surface area contributed by atoms with Crippen molar-refractivity contribution in [2.45, 2.75) is 6.54 Å². The van der Waals surface area contributed by atoms with Gasteiger partial charge >= 0.3 is 0 Å². The van der Waals surface area contributed by atoms with Gasteiger partial charge in [-0.2, -0.15) is 0 Å². The van der Waals surface area contributed by atoms with Crippen LogP contribution in [0, 0.1) is 0 Å². The van der Waals surface area contributed by atoms with E-state index in [4.69, 9.17) is 9.47 Å². The van der Waals surface area contributed by atoms with Crippen LogP contribution in [0.2, 0.25) is 0 Å². The maximum Gasteiger partial charge on any atom is 0.161 e. The highest BCUT2D eigenvalue weighted by Crippen LogP contribution is 2.26. The molecule has 6 nitrogen and oxygen atoms in total. The summed E-state index contributed by atoms with van der Waals surface area (Å²) < 4.78 is 10.9. The van der Waals surface area contributed by atoms with Gasteiger partial charge in [0, 0.05) is 12.4 Å². The number of para-hydroxylation sites is 2. The summed E-state index contributed by atoms with van der Waals surface area (Å²) in [6, 6.07) is 7.50. The Balaban J connectivity index is 1.67. The second-order valence-corrected chi connectivity index (χ2v) is 4.18. The molecule has 1 aliphatic rings. The number of anilines is 1. The highest BCUT2D eigenvalue weighted by atomic mass is 16.5. The summed E-state index contributed by atoms with van der Waals surface area (Å²) in [6.45, 7) is 0.844. The molecular formula is C14H14N4O2. The smallest absolute Gasteiger partial charge is 0.161 e. The summed E-state index contributed by atoms with van der Waals surface area (Å²) >= 11 is 0. The van der Waals surface area contributed by atoms with Crippen molar-refractivity contribution in [3.63, 3.8) is 0 Å². The molecule has 20 heavy (non-hydrogen) atoms. The highest BCUT2D eigenvalue weighted by Gasteiger charge is 2.14. The van der Waals surface area contributed by atoms with Crippen molar-refractivity contribution in [3.05, 3.63) is 42.4 Å². The number of rotatable bonds is 4. The number of nitrogens with one attached hydrogen (secondary N) is 1. The molecule has 0 amide bonds. The van der Waals surface area contributed by atoms with Crippen LogP contribution in [0.4, 0.5) is 5.82 Å². The molecule has 0 saturated heterocycles. The SMILES string of the molecule is COc1ccccc1OCC1=NCc2nccnc2N1. The zero-order chi connectivity index (χ0) is 13.8. The van der Waals surface area contributed by atoms with E-state index in [1.54, 1.807) is 19.5 Å². The summed E-state index contributed by atoms with van der Waals surface area (Å²) in [6.07, 6.45) is 3.31. The fourth-order valence-corrected chi connectivity index (χ4v) is 1.90. The van der Waals surface area contributed by atoms with Crippen molar-refractivity contribution in [3.8, 4) is 11.5 Å². The number of nitrogens with zero attached hydrogens (tertiary/aromatic N) is 3. The molecular weight excluding hydrogens is 256 g/mol. The number of aliphatic imine (C=N–C) groups is 1. The van der Waals surface area contributed by atoms with Crippen molar-refractivity contribution in [1.29, 1.82) is 0 Å². The standard InChI is InChI=1S/C14H14N4O2/c1-19-11-4-2-3-5-12(11)20-9-13-17-8-10-14(18-13)16-7-6-15-10/h2-7H,8-9H2,1H3,(H,16,17,18). The number of ether oxygens (including phenoxy) is 2. The third kappa shape index (κ3) is 2.54. The molecule has 1 N–H and O–H groups in total. The summed E-state index contributed by atoms with van der Waals surface area (Å²) in [5, 5.41) is 3.12. The lowest BCUT2D eigenvalue weighted by molar-refractivity contribution is 0.334. The van der Waals surface area contributed by atoms with Crippen LogP contribution in [-0.2, 0) is 6.54 Å². The van der Waals surface area contributed by atoms with Crippen molar-refractivity contribution < 1.29 is 9.47 Å². The Kier molecular flexibility index (Phi) is 3.45. The molecule has 0 fully saturated rings. The highest BCUT2D eigenvalue weighted by molar-refractivity contribution is 5.97. The van der Waals surface area contributed by atoms with Gasteiger partial charge in [0.1, 0.15) is 18.1 Å². The molecule has 1 aromatic heterocycles. The third-order valence-corrected chi connectivity index (χ3v) is 2.89. The van der Waals surface area contributed by atoms with Gasteiger partial charge in [-0.15, -0.1) is 0 Å². The van der Waals surface area contributed by atoms with Gasteiger partial charge in [-0.3, -0.25) is 9.98 Å². The molecule has 6 heteroatoms. The van der Waals surface area contributed by atoms with Crippen molar-refractivity contribution in [1.82, 2.24) is 9.97 Å². The second-order valence-electron chi connectivity index (χ2n) is 4.18. The van der Waals surface area contributed by atoms with Crippen LogP contribution in [0.5, 0.6) is 11.5 Å². The molecule has 0 bridgehead atoms. The summed E-state index contributed by atoms with van der Waals surface area (Å²) in [5.41, 5.74) is 0.841. The van der Waals surface area contributed by atoms with Gasteiger partial charge < -0.3 is 14.8 Å². The van der Waals surface area contributed by atoms with E-state index >= 15 is 0 Å². The monoisotopic (exact) mass is 270 g/mol. The van der Waals surface area contributed by atoms with Crippen LogP contribution in [0.15, 0.2) is 41.7 Å². The lowest BCUT2D eigenvalue weighted by Crippen LogP contribution is -2.25. The Hall–Kier alpha value is -2.63. The molecule has 0 spiro atoms. The van der Waals surface area contributed by atoms with E-state index in [0.717, 1.165) is 17.3 Å². The van der Waals surface area contributed by atoms with Gasteiger partial charge in [0.2, 0.25) is 0 Å². The van der Waals surface area contributed by atoms with Gasteiger partial charge in [0.05, 0.1) is 13.7 Å². The second kappa shape index (κ2) is 5.56. The van der Waals surface area contributed by atoms with Crippen molar-refractivity contribution in [2.24, 2.45) is 4.99 Å². The largest absolute Gasteiger partial charge is 0.493 e. The van der Waals surface area contributed by atoms with Gasteiger partial charge in [-0.25, -0.2) is 4.98 Å². The van der Waals surface area contributed by atoms with Crippen LogP contribution in [-0.4, -0.2) is 29.5 Å². The summed E-state index contributed by atoms with van der Waals surface area (Å²) in [4.78, 5) is 12.8. The minimum absolute atomic E-state index is 0.330. The molecule has 2 heterocycles. The molecule has 2 aromatic rings. The Morgan fingerprint density at radius 2 is 1.95 bits per heavy atom. The predicted octanol–water partition coefficient (Wildman–Crippen LogP) is 1.89. The zero-order valence-corrected chi connectivity index (χ0v) is 11.0. The van der Waals surface area contributed by atoms with E-state index in [0.29, 0.717) is 24.7 Å². The quantitative estimate of drug-likeness (QED) is 0.918. The molecule has 0 unspecified atom stereocenters. The number of aromatic nitrogens is 2. The van der Waals surface area contributed by atoms with Crippen LogP contribution in [0.1, 0.15) is 5.69 Å². The first-order valence-electron chi connectivity index (χ1n) is 6.23. The lowest BCUT2D eigenvalue weighted by Gasteiger charge is -2.17. The Bertz CT molecular complexity index is 643. The van der Waals surface area contributed by atoms with Crippen LogP contribution >= 0.6 is 0 Å². The summed E-state index contributed by atoms with van der Waals surface area (Å²) in [5.74, 6) is 2.85. The number of amidine groups is 1. The first-order chi connectivity index (χ1) is 9.86. The molecule has 1 aliphatic heterocycles. The van der Waals surface area contributed by atoms with Gasteiger partial charge in [0.15, 0.2) is 17.3 Å². The zero-order valence-electron chi connectivity index (χ0n) is 11.0. The Morgan fingerprint density at radius 3 is 2.80 bits per heavy atom. The molecule has 3 rings (SSSR count). The molecule has 0 radical (unpaired) electrons. The first kappa shape index (κ1) is 12.4. The predicted molar refractivity (Wildman–Crippen MR) is 75.3 cm³/mol. The minimum atomic E-state index is 0.330. The van der Waals surface area contributed by atoms with E-state index in [-0.39, 0.29) is 0 Å². The van der Waals surface area contributed by atoms with E-state index in [1.165, 1.54) is 0 Å². The average molecular weight is 270 g/mol. The Morgan fingerprint density at radius 1 is 1.15 bits per heavy atom. The third-order valence-electron chi connectivity index (χ3n) is 2.89. The molecule has 0 saturated carbocycles. The lowest BCUT2D eigenvalue weighted by atomic mass is 10.3. The fraction of sp³-hybridized carbons (Fsp3) is 0.214. The summed E-state index contributed by atoms with van der Waals surface area (Å²) in [7, 11) is 1.62. The van der Waals surface area contributed by atoms with E-state index in [9.17, 15) is 0 Å². The van der Waals surface area contributed by atoms with Crippen molar-refractivity contribution >= 4 is 11.7 Å². The molecule has 0 aliphatic carbocycles. The number of hydrogen-bond acceptors (Lipinski definition) is 6. The number of methoxy groups -OCH3 is 1. The number of benzene rings is 1. The van der Waals surface area contributed by atoms with Gasteiger partial charge in [-0.1, -0.05) is 12.1 Å². The van der Waals surface area contributed by atoms with Gasteiger partial charge in [-0.05, 0) is 12.1 Å². The number of fused-ring (bicyclic) bond motifs is 1. The minimum Gasteiger partial charge on any atom is -0.493 e. The average Bonchev–Trinajstić information content (AvgIpc) is 2.53. The van der Waals surface area contributed by atoms with E-state index < -0.39 is 0 Å². The van der Waals surface area contributed by atoms with Gasteiger partial charge in [0.25, 0.3) is 0 Å². The molecule has 1 aromatic carbocycles. The normalized spacial score (nSPS) is 12.9. The van der Waals surface area contributed by atoms with Crippen molar-refractivity contribution in [2.75, 3.05) is 19.0 Å². The maximum absolute atomic E-state index is 5.72. The van der Waals surface area contributed by atoms with Crippen LogP contribution < -0.4 is 14.8 Å². The number of hydrogen-bond donors (Lipinski definition) is 1. The Labute approximate surface area is 116 Å². The van der Waals surface area contributed by atoms with E-state index in [2.05, 4.69) is 20.3 Å². The van der Waals surface area contributed by atoms with E-state index in [1.807, 2.05) is 24.3 Å². The topological polar surface area (TPSA) is 68.6 Å². The van der Waals surface area contributed by atoms with Crippen LogP contribution in [0.25, 0.3) is 0 Å². The fourth-order valence-electron chi connectivity index (χ4n) is 1.90. The maximum atomic E-state index is 5.72. The molecule has 102 valence electrons. The van der Waals surface area contributed by atoms with Crippen LogP contribution in [0.3, 0.4) is 0 Å². The molecule has 0 atom stereocenters.